The van der Waals surface area contributed by atoms with E-state index in [-0.39, 0.29) is 10.9 Å². The molecule has 4 nitrogen and oxygen atoms in total. The zero-order chi connectivity index (χ0) is 18.3. The molecule has 0 radical (unpaired) electrons. The van der Waals surface area contributed by atoms with Crippen LogP contribution in [0, 0.1) is 12.7 Å². The third-order valence-corrected chi connectivity index (χ3v) is 5.34. The first-order valence-electron chi connectivity index (χ1n) is 9.00. The predicted molar refractivity (Wildman–Crippen MR) is 102 cm³/mol. The average Bonchev–Trinajstić information content (AvgIpc) is 2.63. The van der Waals surface area contributed by atoms with Gasteiger partial charge in [0.25, 0.3) is 5.56 Å². The summed E-state index contributed by atoms with van der Waals surface area (Å²) in [5, 5.41) is 0.286. The summed E-state index contributed by atoms with van der Waals surface area (Å²) in [4.78, 5) is 22.1. The molecule has 0 atom stereocenters. The molecule has 1 fully saturated rings. The molecular weight excluding hydrogens is 329 g/mol. The van der Waals surface area contributed by atoms with E-state index in [1.54, 1.807) is 6.92 Å². The van der Waals surface area contributed by atoms with Crippen LogP contribution in [0.2, 0.25) is 0 Å². The van der Waals surface area contributed by atoms with Gasteiger partial charge in [0.2, 0.25) is 0 Å². The number of hydrogen-bond acceptors (Lipinski definition) is 3. The van der Waals surface area contributed by atoms with E-state index in [0.29, 0.717) is 22.8 Å². The maximum atomic E-state index is 13.6. The summed E-state index contributed by atoms with van der Waals surface area (Å²) in [6.45, 7) is 4.02. The second-order valence-corrected chi connectivity index (χ2v) is 7.23. The molecule has 0 saturated carbocycles. The van der Waals surface area contributed by atoms with E-state index in [0.717, 1.165) is 18.7 Å². The first kappa shape index (κ1) is 16.9. The van der Waals surface area contributed by atoms with E-state index in [9.17, 15) is 9.18 Å². The second kappa shape index (κ2) is 6.65. The molecule has 3 aromatic rings. The van der Waals surface area contributed by atoms with Gasteiger partial charge in [-0.1, -0.05) is 24.3 Å². The minimum atomic E-state index is -0.419. The SMILES string of the molecule is Cc1cc(F)cc2c(=O)[nH]c(-c3ccc(C4CCN(C)CC4)cc3)nc12. The number of aryl methyl sites for hydroxylation is 1. The molecule has 2 aromatic carbocycles. The highest BCUT2D eigenvalue weighted by Crippen LogP contribution is 2.29. The van der Waals surface area contributed by atoms with Gasteiger partial charge in [0, 0.05) is 5.56 Å². The van der Waals surface area contributed by atoms with Crippen molar-refractivity contribution in [3.8, 4) is 11.4 Å². The summed E-state index contributed by atoms with van der Waals surface area (Å²) in [5.41, 5.74) is 3.10. The van der Waals surface area contributed by atoms with Gasteiger partial charge in [-0.05, 0) is 69.1 Å². The van der Waals surface area contributed by atoms with Crippen molar-refractivity contribution in [2.75, 3.05) is 20.1 Å². The van der Waals surface area contributed by atoms with Crippen molar-refractivity contribution >= 4 is 10.9 Å². The van der Waals surface area contributed by atoms with E-state index < -0.39 is 5.82 Å². The first-order chi connectivity index (χ1) is 12.5. The van der Waals surface area contributed by atoms with Crippen LogP contribution in [-0.4, -0.2) is 35.0 Å². The van der Waals surface area contributed by atoms with E-state index >= 15 is 0 Å². The number of likely N-dealkylation sites (tertiary alicyclic amines) is 1. The fourth-order valence-electron chi connectivity index (χ4n) is 3.76. The first-order valence-corrected chi connectivity index (χ1v) is 9.00. The standard InChI is InChI=1S/C21H22FN3O/c1-13-11-17(22)12-18-19(13)23-20(24-21(18)26)16-5-3-14(4-6-16)15-7-9-25(2)10-8-15/h3-6,11-12,15H,7-10H2,1-2H3,(H,23,24,26). The van der Waals surface area contributed by atoms with Crippen LogP contribution in [-0.2, 0) is 0 Å². The Hall–Kier alpha value is -2.53. The number of piperidine rings is 1. The molecule has 0 unspecified atom stereocenters. The van der Waals surface area contributed by atoms with E-state index in [1.165, 1.54) is 30.5 Å². The van der Waals surface area contributed by atoms with Crippen LogP contribution < -0.4 is 5.56 Å². The maximum Gasteiger partial charge on any atom is 0.259 e. The van der Waals surface area contributed by atoms with Crippen LogP contribution >= 0.6 is 0 Å². The van der Waals surface area contributed by atoms with Crippen molar-refractivity contribution < 1.29 is 4.39 Å². The zero-order valence-corrected chi connectivity index (χ0v) is 15.1. The molecule has 1 aromatic heterocycles. The highest BCUT2D eigenvalue weighted by molar-refractivity contribution is 5.82. The van der Waals surface area contributed by atoms with Crippen LogP contribution in [0.3, 0.4) is 0 Å². The van der Waals surface area contributed by atoms with Crippen molar-refractivity contribution in [1.29, 1.82) is 0 Å². The Bertz CT molecular complexity index is 1000. The number of nitrogens with one attached hydrogen (secondary N) is 1. The smallest absolute Gasteiger partial charge is 0.259 e. The highest BCUT2D eigenvalue weighted by Gasteiger charge is 2.18. The molecule has 1 saturated heterocycles. The summed E-state index contributed by atoms with van der Waals surface area (Å²) in [5.74, 6) is 0.693. The van der Waals surface area contributed by atoms with Crippen LogP contribution in [0.5, 0.6) is 0 Å². The molecule has 1 aliphatic heterocycles. The van der Waals surface area contributed by atoms with Crippen molar-refractivity contribution in [2.45, 2.75) is 25.7 Å². The zero-order valence-electron chi connectivity index (χ0n) is 15.1. The molecule has 0 spiro atoms. The minimum Gasteiger partial charge on any atom is -0.306 e. The largest absolute Gasteiger partial charge is 0.306 e. The van der Waals surface area contributed by atoms with E-state index in [1.807, 2.05) is 12.1 Å². The van der Waals surface area contributed by atoms with Crippen molar-refractivity contribution in [1.82, 2.24) is 14.9 Å². The number of halogens is 1. The summed E-state index contributed by atoms with van der Waals surface area (Å²) in [6.07, 6.45) is 2.34. The van der Waals surface area contributed by atoms with Crippen molar-refractivity contribution in [3.05, 3.63) is 63.7 Å². The number of aromatic nitrogens is 2. The van der Waals surface area contributed by atoms with Crippen LogP contribution in [0.4, 0.5) is 4.39 Å². The Kier molecular flexibility index (Phi) is 4.32. The molecule has 0 amide bonds. The molecule has 26 heavy (non-hydrogen) atoms. The molecule has 1 N–H and O–H groups in total. The van der Waals surface area contributed by atoms with Gasteiger partial charge >= 0.3 is 0 Å². The lowest BCUT2D eigenvalue weighted by Crippen LogP contribution is -2.29. The Labute approximate surface area is 151 Å². The van der Waals surface area contributed by atoms with Gasteiger partial charge < -0.3 is 9.88 Å². The van der Waals surface area contributed by atoms with Gasteiger partial charge in [-0.2, -0.15) is 0 Å². The second-order valence-electron chi connectivity index (χ2n) is 7.23. The number of H-pyrrole nitrogens is 1. The topological polar surface area (TPSA) is 49.0 Å². The van der Waals surface area contributed by atoms with Crippen LogP contribution in [0.25, 0.3) is 22.3 Å². The quantitative estimate of drug-likeness (QED) is 0.763. The molecule has 0 aliphatic carbocycles. The molecule has 134 valence electrons. The third-order valence-electron chi connectivity index (χ3n) is 5.34. The number of hydrogen-bond donors (Lipinski definition) is 1. The Morgan fingerprint density at radius 3 is 2.54 bits per heavy atom. The number of nitrogens with zero attached hydrogens (tertiary/aromatic N) is 2. The Morgan fingerprint density at radius 1 is 1.15 bits per heavy atom. The fraction of sp³-hybridized carbons (Fsp3) is 0.333. The third kappa shape index (κ3) is 3.15. The molecule has 2 heterocycles. The lowest BCUT2D eigenvalue weighted by atomic mass is 9.89. The van der Waals surface area contributed by atoms with E-state index in [2.05, 4.69) is 34.0 Å². The molecular formula is C21H22FN3O. The summed E-state index contributed by atoms with van der Waals surface area (Å²) >= 11 is 0. The molecule has 1 aliphatic rings. The molecule has 5 heteroatoms. The van der Waals surface area contributed by atoms with Crippen LogP contribution in [0.15, 0.2) is 41.2 Å². The lowest BCUT2D eigenvalue weighted by molar-refractivity contribution is 0.255. The van der Waals surface area contributed by atoms with Gasteiger partial charge in [0.05, 0.1) is 10.9 Å². The van der Waals surface area contributed by atoms with Gasteiger partial charge in [0.15, 0.2) is 0 Å². The monoisotopic (exact) mass is 351 g/mol. The van der Waals surface area contributed by atoms with Crippen molar-refractivity contribution in [3.63, 3.8) is 0 Å². The van der Waals surface area contributed by atoms with Crippen molar-refractivity contribution in [2.24, 2.45) is 0 Å². The van der Waals surface area contributed by atoms with Crippen LogP contribution in [0.1, 0.15) is 29.9 Å². The number of benzene rings is 2. The normalized spacial score (nSPS) is 16.3. The number of rotatable bonds is 2. The van der Waals surface area contributed by atoms with Gasteiger partial charge in [-0.15, -0.1) is 0 Å². The minimum absolute atomic E-state index is 0.286. The Morgan fingerprint density at radius 2 is 1.85 bits per heavy atom. The Balaban J connectivity index is 1.68. The fourth-order valence-corrected chi connectivity index (χ4v) is 3.76. The number of aromatic amines is 1. The molecule has 0 bridgehead atoms. The highest BCUT2D eigenvalue weighted by atomic mass is 19.1. The summed E-state index contributed by atoms with van der Waals surface area (Å²) < 4.78 is 13.6. The maximum absolute atomic E-state index is 13.6. The average molecular weight is 351 g/mol. The van der Waals surface area contributed by atoms with Gasteiger partial charge in [0.1, 0.15) is 11.6 Å². The predicted octanol–water partition coefficient (Wildman–Crippen LogP) is 3.85. The van der Waals surface area contributed by atoms with Gasteiger partial charge in [-0.3, -0.25) is 4.79 Å². The molecule has 4 rings (SSSR count). The summed E-state index contributed by atoms with van der Waals surface area (Å²) in [6, 6.07) is 10.9. The van der Waals surface area contributed by atoms with Gasteiger partial charge in [-0.25, -0.2) is 9.37 Å². The summed E-state index contributed by atoms with van der Waals surface area (Å²) in [7, 11) is 2.16. The van der Waals surface area contributed by atoms with E-state index in [4.69, 9.17) is 0 Å². The lowest BCUT2D eigenvalue weighted by Gasteiger charge is -2.29. The number of fused-ring (bicyclic) bond motifs is 1.